The summed E-state index contributed by atoms with van der Waals surface area (Å²) in [5.74, 6) is 1.45. The molecule has 11 aromatic carbocycles. The predicted molar refractivity (Wildman–Crippen MR) is 342 cm³/mol. The summed E-state index contributed by atoms with van der Waals surface area (Å²) >= 11 is 3.72. The van der Waals surface area contributed by atoms with Crippen LogP contribution in [0.2, 0.25) is 0 Å². The van der Waals surface area contributed by atoms with Crippen LogP contribution >= 0.6 is 22.7 Å². The number of nitrogens with zero attached hydrogens (tertiary/aromatic N) is 4. The lowest BCUT2D eigenvalue weighted by Gasteiger charge is -2.42. The second-order valence-electron chi connectivity index (χ2n) is 21.6. The summed E-state index contributed by atoms with van der Waals surface area (Å²) in [5.41, 5.74) is 22.4. The molecule has 82 heavy (non-hydrogen) atoms. The molecule has 6 heteroatoms. The van der Waals surface area contributed by atoms with E-state index in [1.807, 2.05) is 22.7 Å². The van der Waals surface area contributed by atoms with E-state index in [1.165, 1.54) is 96.0 Å². The van der Waals surface area contributed by atoms with Gasteiger partial charge in [-0.05, 0) is 104 Å². The summed E-state index contributed by atoms with van der Waals surface area (Å²) in [6.07, 6.45) is 0. The van der Waals surface area contributed by atoms with E-state index in [9.17, 15) is 0 Å². The van der Waals surface area contributed by atoms with Gasteiger partial charge in [-0.25, -0.2) is 19.9 Å². The van der Waals surface area contributed by atoms with E-state index in [4.69, 9.17) is 19.9 Å². The number of thiophene rings is 2. The van der Waals surface area contributed by atoms with E-state index >= 15 is 0 Å². The Labute approximate surface area is 482 Å². The highest BCUT2D eigenvalue weighted by atomic mass is 32.1. The molecule has 2 unspecified atom stereocenters. The van der Waals surface area contributed by atoms with Gasteiger partial charge in [0.05, 0.1) is 22.8 Å². The number of hydrogen-bond acceptors (Lipinski definition) is 6. The van der Waals surface area contributed by atoms with Crippen molar-refractivity contribution in [1.82, 2.24) is 19.9 Å². The number of aromatic nitrogens is 4. The summed E-state index contributed by atoms with van der Waals surface area (Å²) in [5, 5.41) is 5.18. The third-order valence-corrected chi connectivity index (χ3v) is 19.3. The maximum atomic E-state index is 5.45. The molecule has 0 saturated heterocycles. The summed E-state index contributed by atoms with van der Waals surface area (Å²) in [6, 6.07) is 96.7. The first kappa shape index (κ1) is 46.9. The molecule has 0 N–H and O–H groups in total. The maximum Gasteiger partial charge on any atom is 0.160 e. The Hall–Kier alpha value is -9.98. The molecule has 0 amide bonds. The molecular weight excluding hydrogens is 1030 g/mol. The molecule has 382 valence electrons. The summed E-state index contributed by atoms with van der Waals surface area (Å²) in [6.45, 7) is 0. The van der Waals surface area contributed by atoms with E-state index in [0.717, 1.165) is 56.2 Å². The van der Waals surface area contributed by atoms with Gasteiger partial charge in [-0.15, -0.1) is 22.7 Å². The van der Waals surface area contributed by atoms with Crippen LogP contribution in [0, 0.1) is 0 Å². The van der Waals surface area contributed by atoms with Crippen molar-refractivity contribution in [3.05, 3.63) is 300 Å². The Bertz CT molecular complexity index is 4760. The molecule has 0 saturated carbocycles. The highest BCUT2D eigenvalue weighted by Gasteiger charge is 2.41. The van der Waals surface area contributed by atoms with Crippen molar-refractivity contribution in [3.63, 3.8) is 0 Å². The van der Waals surface area contributed by atoms with Gasteiger partial charge in [-0.1, -0.05) is 218 Å². The van der Waals surface area contributed by atoms with E-state index in [2.05, 4.69) is 267 Å². The van der Waals surface area contributed by atoms with Gasteiger partial charge in [-0.2, -0.15) is 0 Å². The van der Waals surface area contributed by atoms with Gasteiger partial charge in [-0.3, -0.25) is 0 Å². The first-order chi connectivity index (χ1) is 40.6. The summed E-state index contributed by atoms with van der Waals surface area (Å²) < 4.78 is 5.19. The fraction of sp³-hybridized carbons (Fsp3) is 0.0263. The average molecular weight is 1080 g/mol. The molecule has 2 bridgehead atoms. The number of hydrogen-bond donors (Lipinski definition) is 0. The zero-order valence-electron chi connectivity index (χ0n) is 44.2. The van der Waals surface area contributed by atoms with Crippen molar-refractivity contribution in [2.45, 2.75) is 11.8 Å². The van der Waals surface area contributed by atoms with E-state index in [0.29, 0.717) is 11.6 Å². The lowest BCUT2D eigenvalue weighted by molar-refractivity contribution is 0.754. The largest absolute Gasteiger partial charge is 0.228 e. The van der Waals surface area contributed by atoms with Crippen LogP contribution in [0.4, 0.5) is 0 Å². The van der Waals surface area contributed by atoms with Crippen LogP contribution in [-0.4, -0.2) is 19.9 Å². The first-order valence-electron chi connectivity index (χ1n) is 27.9. The molecular formula is C76H46N4S2. The van der Waals surface area contributed by atoms with E-state index in [1.54, 1.807) is 0 Å². The Morgan fingerprint density at radius 2 is 0.585 bits per heavy atom. The SMILES string of the molecule is c1ccc(-c2cc(-c3cccc(-c4cccc5c4sc4ccccc45)c3)nc(-c3ccc4c(c3)C3c5ccccc5C4c4cc(-c5nc(-c6ccccc6)cc(-c6cccc(-c7cccc8c7sc7ccccc78)c6)n5)ccc43)n2)cc1. The van der Waals surface area contributed by atoms with Crippen LogP contribution in [0.3, 0.4) is 0 Å². The van der Waals surface area contributed by atoms with Gasteiger partial charge in [0.15, 0.2) is 11.6 Å². The van der Waals surface area contributed by atoms with Gasteiger partial charge in [0.25, 0.3) is 0 Å². The monoisotopic (exact) mass is 1080 g/mol. The average Bonchev–Trinajstić information content (AvgIpc) is 3.98. The smallest absolute Gasteiger partial charge is 0.160 e. The third-order valence-electron chi connectivity index (χ3n) is 16.9. The van der Waals surface area contributed by atoms with Crippen LogP contribution in [0.1, 0.15) is 45.2 Å². The lowest BCUT2D eigenvalue weighted by Crippen LogP contribution is -2.27. The molecule has 4 heterocycles. The quantitative estimate of drug-likeness (QED) is 0.152. The van der Waals surface area contributed by atoms with Crippen molar-refractivity contribution >= 4 is 63.0 Å². The Balaban J connectivity index is 0.765. The van der Waals surface area contributed by atoms with Gasteiger partial charge in [0.2, 0.25) is 0 Å². The minimum Gasteiger partial charge on any atom is -0.228 e. The second-order valence-corrected chi connectivity index (χ2v) is 23.7. The fourth-order valence-corrected chi connectivity index (χ4v) is 15.6. The molecule has 0 spiro atoms. The first-order valence-corrected chi connectivity index (χ1v) is 29.5. The predicted octanol–water partition coefficient (Wildman–Crippen LogP) is 20.3. The molecule has 3 aliphatic rings. The van der Waals surface area contributed by atoms with E-state index < -0.39 is 0 Å². The number of rotatable bonds is 8. The summed E-state index contributed by atoms with van der Waals surface area (Å²) in [7, 11) is 0. The molecule has 0 fully saturated rings. The molecule has 0 radical (unpaired) electrons. The third kappa shape index (κ3) is 7.63. The molecule has 0 aliphatic heterocycles. The van der Waals surface area contributed by atoms with Gasteiger partial charge in [0.1, 0.15) is 0 Å². The van der Waals surface area contributed by atoms with Crippen molar-refractivity contribution in [2.75, 3.05) is 0 Å². The van der Waals surface area contributed by atoms with Crippen LogP contribution in [0.15, 0.2) is 267 Å². The minimum absolute atomic E-state index is 0.0190. The number of fused-ring (bicyclic) bond motifs is 6. The zero-order valence-corrected chi connectivity index (χ0v) is 45.8. The van der Waals surface area contributed by atoms with Crippen LogP contribution < -0.4 is 0 Å². The van der Waals surface area contributed by atoms with Crippen molar-refractivity contribution in [3.8, 4) is 90.1 Å². The summed E-state index contributed by atoms with van der Waals surface area (Å²) in [4.78, 5) is 21.6. The molecule has 3 aliphatic carbocycles. The Kier molecular flexibility index (Phi) is 10.8. The van der Waals surface area contributed by atoms with Crippen LogP contribution in [0.25, 0.3) is 130 Å². The van der Waals surface area contributed by atoms with E-state index in [-0.39, 0.29) is 11.8 Å². The second kappa shape index (κ2) is 18.8. The van der Waals surface area contributed by atoms with Crippen molar-refractivity contribution in [1.29, 1.82) is 0 Å². The van der Waals surface area contributed by atoms with Crippen LogP contribution in [-0.2, 0) is 0 Å². The molecule has 15 aromatic rings. The Morgan fingerprint density at radius 1 is 0.232 bits per heavy atom. The van der Waals surface area contributed by atoms with Gasteiger partial charge < -0.3 is 0 Å². The number of benzene rings is 11. The minimum atomic E-state index is 0.0190. The van der Waals surface area contributed by atoms with Crippen molar-refractivity contribution < 1.29 is 0 Å². The Morgan fingerprint density at radius 3 is 1.05 bits per heavy atom. The lowest BCUT2D eigenvalue weighted by atomic mass is 9.61. The molecule has 4 aromatic heterocycles. The molecule has 18 rings (SSSR count). The van der Waals surface area contributed by atoms with Crippen molar-refractivity contribution in [2.24, 2.45) is 0 Å². The topological polar surface area (TPSA) is 51.6 Å². The zero-order chi connectivity index (χ0) is 53.8. The molecule has 4 nitrogen and oxygen atoms in total. The standard InChI is InChI=1S/C76H46N4S2/c1-3-17-45(18-4-1)65-43-67(49-23-13-21-47(39-49)53-29-15-31-61-55-25-9-11-33-69(55)81-73(53)61)79-75(77-65)51-35-37-59-63(41-51)71-57-27-7-8-28-58(57)72(59)64-42-52(36-38-60(64)71)76-78-66(46-19-5-2-6-20-46)44-68(80-76)50-24-14-22-48(40-50)54-30-16-32-62-56-26-10-12-34-70(56)82-74(54)62/h1-44,71-72H. The normalized spacial score (nSPS) is 14.1. The van der Waals surface area contributed by atoms with Gasteiger partial charge >= 0.3 is 0 Å². The highest BCUT2D eigenvalue weighted by Crippen LogP contribution is 2.57. The highest BCUT2D eigenvalue weighted by molar-refractivity contribution is 7.26. The fourth-order valence-electron chi connectivity index (χ4n) is 13.1. The maximum absolute atomic E-state index is 5.45. The van der Waals surface area contributed by atoms with Gasteiger partial charge in [0, 0.05) is 85.6 Å². The van der Waals surface area contributed by atoms with Crippen LogP contribution in [0.5, 0.6) is 0 Å². The molecule has 2 atom stereocenters.